The Balaban J connectivity index is 1.27. The molecule has 1 saturated heterocycles. The van der Waals surface area contributed by atoms with Gasteiger partial charge in [0.25, 0.3) is 5.91 Å². The molecule has 3 heterocycles. The largest absolute Gasteiger partial charge is 0.493 e. The first-order valence-corrected chi connectivity index (χ1v) is 13.9. The molecule has 2 amide bonds. The van der Waals surface area contributed by atoms with Crippen molar-refractivity contribution in [1.29, 1.82) is 0 Å². The first-order valence-electron chi connectivity index (χ1n) is 13.9. The Hall–Kier alpha value is -4.68. The summed E-state index contributed by atoms with van der Waals surface area (Å²) in [5.74, 6) is 0.760. The van der Waals surface area contributed by atoms with E-state index in [2.05, 4.69) is 15.4 Å². The lowest BCUT2D eigenvalue weighted by Crippen LogP contribution is -2.50. The highest BCUT2D eigenvalue weighted by Gasteiger charge is 2.29. The average molecular weight is 589 g/mol. The molecule has 0 saturated carbocycles. The minimum Gasteiger partial charge on any atom is -0.493 e. The monoisotopic (exact) mass is 588 g/mol. The molecule has 12 heteroatoms. The minimum atomic E-state index is -0.902. The summed E-state index contributed by atoms with van der Waals surface area (Å²) in [5, 5.41) is 18.5. The number of aliphatic hydroxyl groups excluding tert-OH is 1. The molecule has 4 aromatic rings. The van der Waals surface area contributed by atoms with E-state index < -0.39 is 17.7 Å². The number of benzene rings is 2. The second-order valence-electron chi connectivity index (χ2n) is 11.2. The summed E-state index contributed by atoms with van der Waals surface area (Å²) in [7, 11) is 3.15. The smallest absolute Gasteiger partial charge is 0.410 e. The number of hydrogen-bond acceptors (Lipinski definition) is 9. The molecule has 2 N–H and O–H groups in total. The molecule has 226 valence electrons. The van der Waals surface area contributed by atoms with Crippen LogP contribution in [0.5, 0.6) is 11.5 Å². The van der Waals surface area contributed by atoms with Gasteiger partial charge in [0.2, 0.25) is 0 Å². The molecule has 0 spiro atoms. The maximum absolute atomic E-state index is 13.2. The van der Waals surface area contributed by atoms with Crippen molar-refractivity contribution in [3.05, 3.63) is 72.1 Å². The summed E-state index contributed by atoms with van der Waals surface area (Å²) in [6.07, 6.45) is 0.397. The first-order chi connectivity index (χ1) is 20.6. The fourth-order valence-corrected chi connectivity index (χ4v) is 4.88. The van der Waals surface area contributed by atoms with E-state index in [1.165, 1.54) is 0 Å². The van der Waals surface area contributed by atoms with E-state index in [9.17, 15) is 14.7 Å². The Kier molecular flexibility index (Phi) is 8.51. The summed E-state index contributed by atoms with van der Waals surface area (Å²) in [5.41, 5.74) is 2.80. The van der Waals surface area contributed by atoms with Gasteiger partial charge >= 0.3 is 6.09 Å². The Morgan fingerprint density at radius 3 is 2.40 bits per heavy atom. The fourth-order valence-electron chi connectivity index (χ4n) is 4.88. The standard InChI is InChI=1S/C31H36N6O6/c1-31(2,3)43-30(40)36-15-13-35(14-16-36)29(39)21-7-6-8-22(17-21)33-28(38)23-19-27-32-12-11-24(37(27)34-23)20-9-10-25(41-4)26(18-20)42-5/h6-12,17-19,29,39H,13-16H2,1-5H3,(H,33,38). The molecule has 1 aliphatic heterocycles. The molecule has 2 aromatic carbocycles. The molecule has 5 rings (SSSR count). The number of fused-ring (bicyclic) bond motifs is 1. The van der Waals surface area contributed by atoms with Crippen LogP contribution < -0.4 is 14.8 Å². The van der Waals surface area contributed by atoms with Crippen LogP contribution in [-0.2, 0) is 4.74 Å². The zero-order chi connectivity index (χ0) is 30.7. The Morgan fingerprint density at radius 2 is 1.70 bits per heavy atom. The fraction of sp³-hybridized carbons (Fsp3) is 0.355. The third kappa shape index (κ3) is 6.71. The van der Waals surface area contributed by atoms with Crippen molar-refractivity contribution < 1.29 is 28.9 Å². The van der Waals surface area contributed by atoms with Gasteiger partial charge in [0.05, 0.1) is 19.9 Å². The van der Waals surface area contributed by atoms with Crippen molar-refractivity contribution in [3.63, 3.8) is 0 Å². The van der Waals surface area contributed by atoms with Crippen LogP contribution in [0.25, 0.3) is 16.9 Å². The van der Waals surface area contributed by atoms with E-state index in [1.807, 2.05) is 37.8 Å². The van der Waals surface area contributed by atoms with E-state index in [0.717, 1.165) is 11.3 Å². The normalized spacial score (nSPS) is 14.8. The zero-order valence-electron chi connectivity index (χ0n) is 24.9. The second-order valence-corrected chi connectivity index (χ2v) is 11.2. The number of anilines is 1. The summed E-state index contributed by atoms with van der Waals surface area (Å²) in [6, 6.07) is 16.0. The van der Waals surface area contributed by atoms with Gasteiger partial charge in [-0.15, -0.1) is 0 Å². The van der Waals surface area contributed by atoms with Crippen LogP contribution in [0.4, 0.5) is 10.5 Å². The van der Waals surface area contributed by atoms with Crippen LogP contribution in [0.3, 0.4) is 0 Å². The van der Waals surface area contributed by atoms with Crippen LogP contribution in [0, 0.1) is 0 Å². The molecule has 1 aliphatic rings. The molecule has 0 radical (unpaired) electrons. The number of ether oxygens (including phenoxy) is 3. The van der Waals surface area contributed by atoms with Crippen LogP contribution in [-0.4, -0.2) is 87.5 Å². The van der Waals surface area contributed by atoms with Crippen LogP contribution >= 0.6 is 0 Å². The van der Waals surface area contributed by atoms with E-state index in [1.54, 1.807) is 72.3 Å². The van der Waals surface area contributed by atoms with Gasteiger partial charge in [-0.25, -0.2) is 14.3 Å². The number of methoxy groups -OCH3 is 2. The maximum Gasteiger partial charge on any atom is 0.410 e. The Labute approximate surface area is 249 Å². The van der Waals surface area contributed by atoms with Gasteiger partial charge in [0, 0.05) is 49.7 Å². The number of nitrogens with one attached hydrogen (secondary N) is 1. The number of aromatic nitrogens is 3. The van der Waals surface area contributed by atoms with E-state index in [4.69, 9.17) is 14.2 Å². The molecule has 1 atom stereocenters. The Bertz CT molecular complexity index is 1620. The number of piperazine rings is 1. The number of nitrogens with zero attached hydrogens (tertiary/aromatic N) is 5. The van der Waals surface area contributed by atoms with Gasteiger partial charge < -0.3 is 29.5 Å². The van der Waals surface area contributed by atoms with Gasteiger partial charge in [-0.2, -0.15) is 5.10 Å². The average Bonchev–Trinajstić information content (AvgIpc) is 3.45. The topological polar surface area (TPSA) is 131 Å². The third-order valence-electron chi connectivity index (χ3n) is 7.02. The van der Waals surface area contributed by atoms with Gasteiger partial charge in [-0.3, -0.25) is 9.69 Å². The van der Waals surface area contributed by atoms with Gasteiger partial charge in [-0.1, -0.05) is 12.1 Å². The van der Waals surface area contributed by atoms with Crippen molar-refractivity contribution in [2.45, 2.75) is 32.6 Å². The number of carbonyl (C=O) groups is 2. The number of carbonyl (C=O) groups excluding carboxylic acids is 2. The van der Waals surface area contributed by atoms with Gasteiger partial charge in [0.1, 0.15) is 11.8 Å². The molecule has 1 unspecified atom stereocenters. The second kappa shape index (κ2) is 12.3. The van der Waals surface area contributed by atoms with Crippen molar-refractivity contribution in [2.24, 2.45) is 0 Å². The molecule has 0 aliphatic carbocycles. The van der Waals surface area contributed by atoms with Crippen molar-refractivity contribution in [3.8, 4) is 22.8 Å². The predicted molar refractivity (Wildman–Crippen MR) is 160 cm³/mol. The number of amides is 2. The molecular formula is C31H36N6O6. The van der Waals surface area contributed by atoms with E-state index in [-0.39, 0.29) is 11.8 Å². The zero-order valence-corrected chi connectivity index (χ0v) is 24.9. The summed E-state index contributed by atoms with van der Waals surface area (Å²) < 4.78 is 17.8. The molecule has 0 bridgehead atoms. The number of aliphatic hydroxyl groups is 1. The molecule has 43 heavy (non-hydrogen) atoms. The molecule has 12 nitrogen and oxygen atoms in total. The van der Waals surface area contributed by atoms with Crippen LogP contribution in [0.2, 0.25) is 0 Å². The molecule has 1 fully saturated rings. The first kappa shape index (κ1) is 29.8. The summed E-state index contributed by atoms with van der Waals surface area (Å²) >= 11 is 0. The SMILES string of the molecule is COc1ccc(-c2ccnc3cc(C(=O)Nc4cccc(C(O)N5CCN(C(=O)OC(C)(C)C)CC5)c4)nn23)cc1OC. The van der Waals surface area contributed by atoms with E-state index >= 15 is 0 Å². The lowest BCUT2D eigenvalue weighted by Gasteiger charge is -2.37. The van der Waals surface area contributed by atoms with E-state index in [0.29, 0.717) is 54.6 Å². The highest BCUT2D eigenvalue weighted by atomic mass is 16.6. The lowest BCUT2D eigenvalue weighted by atomic mass is 10.1. The maximum atomic E-state index is 13.2. The third-order valence-corrected chi connectivity index (χ3v) is 7.02. The quantitative estimate of drug-likeness (QED) is 0.326. The van der Waals surface area contributed by atoms with Gasteiger partial charge in [0.15, 0.2) is 22.8 Å². The van der Waals surface area contributed by atoms with Crippen LogP contribution in [0.1, 0.15) is 43.1 Å². The molecular weight excluding hydrogens is 552 g/mol. The Morgan fingerprint density at radius 1 is 0.953 bits per heavy atom. The van der Waals surface area contributed by atoms with Gasteiger partial charge in [-0.05, 0) is 62.7 Å². The summed E-state index contributed by atoms with van der Waals surface area (Å²) in [6.45, 7) is 7.34. The molecule has 2 aromatic heterocycles. The van der Waals surface area contributed by atoms with Crippen molar-refractivity contribution in [1.82, 2.24) is 24.4 Å². The number of hydrogen-bond donors (Lipinski definition) is 2. The number of rotatable bonds is 7. The lowest BCUT2D eigenvalue weighted by molar-refractivity contribution is -0.0353. The highest BCUT2D eigenvalue weighted by Crippen LogP contribution is 2.32. The predicted octanol–water partition coefficient (Wildman–Crippen LogP) is 4.21. The summed E-state index contributed by atoms with van der Waals surface area (Å²) in [4.78, 5) is 33.5. The minimum absolute atomic E-state index is 0.185. The van der Waals surface area contributed by atoms with Crippen molar-refractivity contribution in [2.75, 3.05) is 45.7 Å². The van der Waals surface area contributed by atoms with Crippen molar-refractivity contribution >= 4 is 23.3 Å². The highest BCUT2D eigenvalue weighted by molar-refractivity contribution is 6.03. The van der Waals surface area contributed by atoms with Crippen LogP contribution in [0.15, 0.2) is 60.8 Å².